The van der Waals surface area contributed by atoms with Gasteiger partial charge in [0, 0.05) is 6.08 Å². The van der Waals surface area contributed by atoms with Crippen LogP contribution < -0.4 is 0 Å². The highest BCUT2D eigenvalue weighted by Gasteiger charge is 2.12. The zero-order chi connectivity index (χ0) is 14.1. The summed E-state index contributed by atoms with van der Waals surface area (Å²) in [7, 11) is -4.11. The lowest BCUT2D eigenvalue weighted by atomic mass is 10.2. The Morgan fingerprint density at radius 1 is 1.21 bits per heavy atom. The smallest absolute Gasteiger partial charge is 0.330 e. The van der Waals surface area contributed by atoms with Crippen molar-refractivity contribution in [1.29, 1.82) is 0 Å². The van der Waals surface area contributed by atoms with Gasteiger partial charge < -0.3 is 14.5 Å². The Labute approximate surface area is 111 Å². The summed E-state index contributed by atoms with van der Waals surface area (Å²) in [6, 6.07) is 9.55. The van der Waals surface area contributed by atoms with E-state index in [-0.39, 0.29) is 6.61 Å². The van der Waals surface area contributed by atoms with Crippen LogP contribution in [0.3, 0.4) is 0 Å². The molecule has 0 atom stereocenters. The number of hydrogen-bond acceptors (Lipinski definition) is 3. The molecule has 0 saturated heterocycles. The molecule has 0 heterocycles. The molecular formula is C13H15O5P. The van der Waals surface area contributed by atoms with Crippen LogP contribution >= 0.6 is 7.60 Å². The Morgan fingerprint density at radius 2 is 1.89 bits per heavy atom. The van der Waals surface area contributed by atoms with E-state index in [1.807, 2.05) is 36.4 Å². The van der Waals surface area contributed by atoms with Gasteiger partial charge in [-0.1, -0.05) is 48.6 Å². The second-order valence-electron chi connectivity index (χ2n) is 3.68. The van der Waals surface area contributed by atoms with Crippen molar-refractivity contribution >= 4 is 19.6 Å². The third-order valence-corrected chi connectivity index (χ3v) is 2.82. The third kappa shape index (κ3) is 8.11. The van der Waals surface area contributed by atoms with E-state index < -0.39 is 19.7 Å². The minimum absolute atomic E-state index is 0.296. The first kappa shape index (κ1) is 15.4. The van der Waals surface area contributed by atoms with Crippen molar-refractivity contribution in [3.8, 4) is 0 Å². The van der Waals surface area contributed by atoms with Crippen LogP contribution in [0.1, 0.15) is 5.56 Å². The number of rotatable bonds is 6. The van der Waals surface area contributed by atoms with Gasteiger partial charge in [0.15, 0.2) is 0 Å². The summed E-state index contributed by atoms with van der Waals surface area (Å²) in [5.41, 5.74) is 1.00. The summed E-state index contributed by atoms with van der Waals surface area (Å²) in [5, 5.41) is 0. The number of ether oxygens (including phenoxy) is 1. The van der Waals surface area contributed by atoms with Gasteiger partial charge in [0.1, 0.15) is 6.61 Å². The van der Waals surface area contributed by atoms with Crippen molar-refractivity contribution in [3.63, 3.8) is 0 Å². The quantitative estimate of drug-likeness (QED) is 0.361. The first-order valence-corrected chi connectivity index (χ1v) is 7.38. The Hall–Kier alpha value is -1.68. The Kier molecular flexibility index (Phi) is 6.22. The molecule has 6 heteroatoms. The molecule has 0 aliphatic heterocycles. The Bertz CT molecular complexity index is 501. The van der Waals surface area contributed by atoms with Crippen LogP contribution in [-0.4, -0.2) is 28.5 Å². The van der Waals surface area contributed by atoms with Gasteiger partial charge in [-0.15, -0.1) is 0 Å². The average Bonchev–Trinajstić information content (AvgIpc) is 2.34. The maximum Gasteiger partial charge on any atom is 0.330 e. The normalized spacial score (nSPS) is 12.1. The molecule has 0 saturated carbocycles. The van der Waals surface area contributed by atoms with Gasteiger partial charge in [0.2, 0.25) is 0 Å². The topological polar surface area (TPSA) is 83.8 Å². The second-order valence-corrected chi connectivity index (χ2v) is 5.46. The summed E-state index contributed by atoms with van der Waals surface area (Å²) in [6.07, 6.45) is 5.73. The van der Waals surface area contributed by atoms with Crippen LogP contribution in [0, 0.1) is 0 Å². The predicted molar refractivity (Wildman–Crippen MR) is 72.5 cm³/mol. The van der Waals surface area contributed by atoms with E-state index in [0.29, 0.717) is 0 Å². The molecule has 5 nitrogen and oxygen atoms in total. The fraction of sp³-hybridized carbons (Fsp3) is 0.154. The predicted octanol–water partition coefficient (Wildman–Crippen LogP) is 1.98. The standard InChI is InChI=1S/C13H15O5P/c14-13(18-10-11-19(15,16)17)9-5-4-8-12-6-2-1-3-7-12/h1-9H,10-11H2,(H2,15,16,17). The number of carbonyl (C=O) groups excluding carboxylic acids is 1. The van der Waals surface area contributed by atoms with Gasteiger partial charge in [-0.3, -0.25) is 4.57 Å². The highest BCUT2D eigenvalue weighted by molar-refractivity contribution is 7.51. The molecule has 1 aromatic rings. The van der Waals surface area contributed by atoms with Crippen LogP contribution in [-0.2, 0) is 14.1 Å². The van der Waals surface area contributed by atoms with Gasteiger partial charge in [0.05, 0.1) is 6.16 Å². The molecule has 0 unspecified atom stereocenters. The zero-order valence-electron chi connectivity index (χ0n) is 10.2. The van der Waals surface area contributed by atoms with Gasteiger partial charge in [-0.25, -0.2) is 4.79 Å². The molecule has 0 aromatic heterocycles. The molecule has 0 fully saturated rings. The molecule has 2 N–H and O–H groups in total. The number of benzene rings is 1. The molecule has 0 bridgehead atoms. The van der Waals surface area contributed by atoms with Gasteiger partial charge in [-0.05, 0) is 5.56 Å². The number of esters is 1. The monoisotopic (exact) mass is 282 g/mol. The number of hydrogen-bond donors (Lipinski definition) is 2. The molecule has 1 rings (SSSR count). The number of allylic oxidation sites excluding steroid dienone is 2. The fourth-order valence-corrected chi connectivity index (χ4v) is 1.51. The molecule has 0 spiro atoms. The highest BCUT2D eigenvalue weighted by Crippen LogP contribution is 2.33. The van der Waals surface area contributed by atoms with Crippen molar-refractivity contribution < 1.29 is 23.9 Å². The van der Waals surface area contributed by atoms with Crippen LogP contribution in [0.4, 0.5) is 0 Å². The maximum absolute atomic E-state index is 11.1. The summed E-state index contributed by atoms with van der Waals surface area (Å²) in [6.45, 7) is -0.296. The molecule has 0 aliphatic carbocycles. The molecule has 102 valence electrons. The summed E-state index contributed by atoms with van der Waals surface area (Å²) in [4.78, 5) is 28.3. The van der Waals surface area contributed by atoms with E-state index in [1.54, 1.807) is 6.08 Å². The lowest BCUT2D eigenvalue weighted by Gasteiger charge is -2.03. The van der Waals surface area contributed by atoms with Crippen LogP contribution in [0.2, 0.25) is 0 Å². The van der Waals surface area contributed by atoms with E-state index in [1.165, 1.54) is 12.2 Å². The van der Waals surface area contributed by atoms with Crippen molar-refractivity contribution in [3.05, 3.63) is 54.1 Å². The van der Waals surface area contributed by atoms with E-state index in [9.17, 15) is 9.36 Å². The minimum Gasteiger partial charge on any atom is -0.462 e. The molecule has 0 radical (unpaired) electrons. The fourth-order valence-electron chi connectivity index (χ4n) is 1.18. The SMILES string of the molecule is O=C(C=CC=Cc1ccccc1)OCCP(=O)(O)O. The largest absolute Gasteiger partial charge is 0.462 e. The summed E-state index contributed by atoms with van der Waals surface area (Å²) in [5.74, 6) is -0.633. The summed E-state index contributed by atoms with van der Waals surface area (Å²) < 4.78 is 15.1. The van der Waals surface area contributed by atoms with Crippen molar-refractivity contribution in [2.24, 2.45) is 0 Å². The first-order chi connectivity index (χ1) is 8.97. The zero-order valence-corrected chi connectivity index (χ0v) is 11.1. The lowest BCUT2D eigenvalue weighted by molar-refractivity contribution is -0.137. The molecular weight excluding hydrogens is 267 g/mol. The second kappa shape index (κ2) is 7.69. The van der Waals surface area contributed by atoms with Crippen molar-refractivity contribution in [2.45, 2.75) is 0 Å². The molecule has 19 heavy (non-hydrogen) atoms. The lowest BCUT2D eigenvalue weighted by Crippen LogP contribution is -2.06. The van der Waals surface area contributed by atoms with E-state index in [2.05, 4.69) is 4.74 Å². The van der Waals surface area contributed by atoms with Gasteiger partial charge in [-0.2, -0.15) is 0 Å². The van der Waals surface area contributed by atoms with Crippen molar-refractivity contribution in [1.82, 2.24) is 0 Å². The third-order valence-electron chi connectivity index (χ3n) is 2.06. The minimum atomic E-state index is -4.11. The average molecular weight is 282 g/mol. The van der Waals surface area contributed by atoms with E-state index >= 15 is 0 Å². The highest BCUT2D eigenvalue weighted by atomic mass is 31.2. The van der Waals surface area contributed by atoms with Gasteiger partial charge in [0.25, 0.3) is 0 Å². The Balaban J connectivity index is 2.31. The van der Waals surface area contributed by atoms with Crippen molar-refractivity contribution in [2.75, 3.05) is 12.8 Å². The molecule has 0 aliphatic rings. The van der Waals surface area contributed by atoms with Crippen LogP contribution in [0.25, 0.3) is 6.08 Å². The first-order valence-electron chi connectivity index (χ1n) is 5.58. The molecule has 0 amide bonds. The maximum atomic E-state index is 11.1. The summed E-state index contributed by atoms with van der Waals surface area (Å²) >= 11 is 0. The van der Waals surface area contributed by atoms with Gasteiger partial charge >= 0.3 is 13.6 Å². The Morgan fingerprint density at radius 3 is 2.53 bits per heavy atom. The van der Waals surface area contributed by atoms with Crippen LogP contribution in [0.15, 0.2) is 48.6 Å². The number of carbonyl (C=O) groups is 1. The van der Waals surface area contributed by atoms with E-state index in [0.717, 1.165) is 5.56 Å². The van der Waals surface area contributed by atoms with Crippen LogP contribution in [0.5, 0.6) is 0 Å². The molecule has 1 aromatic carbocycles. The van der Waals surface area contributed by atoms with E-state index in [4.69, 9.17) is 9.79 Å².